The Morgan fingerprint density at radius 2 is 1.38 bits per heavy atom. The third-order valence-corrected chi connectivity index (χ3v) is 5.86. The van der Waals surface area contributed by atoms with E-state index >= 15 is 0 Å². The quantitative estimate of drug-likeness (QED) is 0.232. The predicted octanol–water partition coefficient (Wildman–Crippen LogP) is 7.61. The summed E-state index contributed by atoms with van der Waals surface area (Å²) >= 11 is 6.66. The van der Waals surface area contributed by atoms with Crippen LogP contribution in [0.3, 0.4) is 0 Å². The van der Waals surface area contributed by atoms with E-state index in [-0.39, 0.29) is 0 Å². The first-order chi connectivity index (χ1) is 15.4. The first kappa shape index (κ1) is 24.3. The number of aliphatic hydroxyl groups is 2. The van der Waals surface area contributed by atoms with Gasteiger partial charge in [0.05, 0.1) is 0 Å². The molecule has 0 heterocycles. The van der Waals surface area contributed by atoms with Crippen molar-refractivity contribution in [1.29, 1.82) is 0 Å². The lowest BCUT2D eigenvalue weighted by Gasteiger charge is -2.23. The van der Waals surface area contributed by atoms with Crippen LogP contribution in [0.25, 0.3) is 22.3 Å². The molecular formula is C28H33ClO3. The smallest absolute Gasteiger partial charge is 0.318 e. The summed E-state index contributed by atoms with van der Waals surface area (Å²) in [5, 5.41) is 20.3. The van der Waals surface area contributed by atoms with Crippen molar-refractivity contribution >= 4 is 11.6 Å². The van der Waals surface area contributed by atoms with E-state index in [2.05, 4.69) is 31.2 Å². The van der Waals surface area contributed by atoms with Crippen LogP contribution in [-0.4, -0.2) is 16.2 Å². The first-order valence-electron chi connectivity index (χ1n) is 11.5. The monoisotopic (exact) mass is 452 g/mol. The molecule has 0 aromatic heterocycles. The number of unbranched alkanes of at least 4 members (excludes halogenated alkanes) is 5. The number of halogens is 1. The molecule has 0 amide bonds. The summed E-state index contributed by atoms with van der Waals surface area (Å²) < 4.78 is 5.47. The number of ether oxygens (including phenoxy) is 1. The summed E-state index contributed by atoms with van der Waals surface area (Å²) in [6.45, 7) is 3.43. The topological polar surface area (TPSA) is 49.7 Å². The summed E-state index contributed by atoms with van der Waals surface area (Å²) in [4.78, 5) is 0. The SMILES string of the molecule is CCCCCCCCc1ccc(-c2c(Cl)ccc(OC(C)(O)O)c2-c2ccccc2)cc1. The Morgan fingerprint density at radius 1 is 0.750 bits per heavy atom. The van der Waals surface area contributed by atoms with Gasteiger partial charge < -0.3 is 14.9 Å². The number of rotatable bonds is 11. The predicted molar refractivity (Wildman–Crippen MR) is 133 cm³/mol. The lowest BCUT2D eigenvalue weighted by Crippen LogP contribution is -2.31. The minimum atomic E-state index is -2.30. The normalized spacial score (nSPS) is 11.5. The van der Waals surface area contributed by atoms with E-state index in [1.54, 1.807) is 12.1 Å². The Morgan fingerprint density at radius 3 is 2.03 bits per heavy atom. The molecule has 0 atom stereocenters. The Bertz CT molecular complexity index is 976. The van der Waals surface area contributed by atoms with Gasteiger partial charge in [0, 0.05) is 23.1 Å². The van der Waals surface area contributed by atoms with Crippen molar-refractivity contribution in [3.05, 3.63) is 77.3 Å². The minimum Gasteiger partial charge on any atom is -0.439 e. The second-order valence-corrected chi connectivity index (χ2v) is 8.82. The first-order valence-corrected chi connectivity index (χ1v) is 11.9. The van der Waals surface area contributed by atoms with Gasteiger partial charge in [-0.3, -0.25) is 0 Å². The number of hydrogen-bond acceptors (Lipinski definition) is 3. The van der Waals surface area contributed by atoms with Crippen molar-refractivity contribution in [1.82, 2.24) is 0 Å². The van der Waals surface area contributed by atoms with Gasteiger partial charge in [-0.05, 0) is 41.7 Å². The van der Waals surface area contributed by atoms with Crippen LogP contribution in [0.2, 0.25) is 5.02 Å². The molecule has 0 saturated carbocycles. The molecule has 170 valence electrons. The third kappa shape index (κ3) is 6.83. The van der Waals surface area contributed by atoms with Gasteiger partial charge >= 0.3 is 5.97 Å². The minimum absolute atomic E-state index is 0.360. The Hall–Kier alpha value is -2.33. The average Bonchev–Trinajstić information content (AvgIpc) is 2.77. The summed E-state index contributed by atoms with van der Waals surface area (Å²) in [5.74, 6) is -1.94. The fourth-order valence-corrected chi connectivity index (χ4v) is 4.24. The van der Waals surface area contributed by atoms with Gasteiger partial charge in [0.25, 0.3) is 0 Å². The average molecular weight is 453 g/mol. The molecule has 0 bridgehead atoms. The number of aryl methyl sites for hydroxylation is 1. The molecule has 0 aliphatic carbocycles. The van der Waals surface area contributed by atoms with Gasteiger partial charge in [-0.25, -0.2) is 0 Å². The van der Waals surface area contributed by atoms with E-state index < -0.39 is 5.97 Å². The molecule has 0 saturated heterocycles. The second kappa shape index (κ2) is 11.5. The van der Waals surface area contributed by atoms with Crippen molar-refractivity contribution in [3.8, 4) is 28.0 Å². The molecule has 0 radical (unpaired) electrons. The molecule has 0 spiro atoms. The second-order valence-electron chi connectivity index (χ2n) is 8.41. The Kier molecular flexibility index (Phi) is 8.75. The van der Waals surface area contributed by atoms with Crippen molar-refractivity contribution in [2.45, 2.75) is 64.8 Å². The highest BCUT2D eigenvalue weighted by atomic mass is 35.5. The van der Waals surface area contributed by atoms with E-state index in [9.17, 15) is 10.2 Å². The van der Waals surface area contributed by atoms with Gasteiger partial charge in [0.2, 0.25) is 0 Å². The van der Waals surface area contributed by atoms with E-state index in [0.717, 1.165) is 28.7 Å². The standard InChI is InChI=1S/C28H33ClO3/c1-3-4-5-6-7-9-12-21-15-17-23(18-16-21)26-24(29)19-20-25(32-28(2,30)31)27(26)22-13-10-8-11-14-22/h8,10-11,13-20,30-31H,3-7,9,12H2,1-2H3. The van der Waals surface area contributed by atoms with Crippen molar-refractivity contribution < 1.29 is 14.9 Å². The highest BCUT2D eigenvalue weighted by molar-refractivity contribution is 6.34. The van der Waals surface area contributed by atoms with Crippen LogP contribution in [-0.2, 0) is 6.42 Å². The van der Waals surface area contributed by atoms with E-state index in [1.807, 2.05) is 30.3 Å². The van der Waals surface area contributed by atoms with Crippen LogP contribution < -0.4 is 4.74 Å². The van der Waals surface area contributed by atoms with Crippen molar-refractivity contribution in [2.24, 2.45) is 0 Å². The lowest BCUT2D eigenvalue weighted by molar-refractivity contribution is -0.277. The molecule has 3 aromatic carbocycles. The van der Waals surface area contributed by atoms with Gasteiger partial charge in [0.15, 0.2) is 0 Å². The largest absolute Gasteiger partial charge is 0.439 e. The van der Waals surface area contributed by atoms with Gasteiger partial charge in [-0.2, -0.15) is 0 Å². The molecule has 3 rings (SSSR count). The number of hydrogen-bond donors (Lipinski definition) is 2. The van der Waals surface area contributed by atoms with Crippen LogP contribution in [0.15, 0.2) is 66.7 Å². The van der Waals surface area contributed by atoms with Crippen molar-refractivity contribution in [3.63, 3.8) is 0 Å². The van der Waals surface area contributed by atoms with Crippen LogP contribution in [0.4, 0.5) is 0 Å². The molecule has 0 aliphatic heterocycles. The molecule has 3 nitrogen and oxygen atoms in total. The van der Waals surface area contributed by atoms with E-state index in [1.165, 1.54) is 51.0 Å². The van der Waals surface area contributed by atoms with Gasteiger partial charge in [-0.1, -0.05) is 105 Å². The highest BCUT2D eigenvalue weighted by Crippen LogP contribution is 2.44. The highest BCUT2D eigenvalue weighted by Gasteiger charge is 2.23. The molecular weight excluding hydrogens is 420 g/mol. The van der Waals surface area contributed by atoms with Crippen LogP contribution >= 0.6 is 11.6 Å². The zero-order valence-electron chi connectivity index (χ0n) is 19.0. The van der Waals surface area contributed by atoms with Gasteiger partial charge in [0.1, 0.15) is 5.75 Å². The van der Waals surface area contributed by atoms with Crippen LogP contribution in [0.1, 0.15) is 57.9 Å². The molecule has 0 unspecified atom stereocenters. The maximum absolute atomic E-state index is 9.86. The molecule has 32 heavy (non-hydrogen) atoms. The zero-order valence-corrected chi connectivity index (χ0v) is 19.7. The Balaban J connectivity index is 1.89. The van der Waals surface area contributed by atoms with E-state index in [0.29, 0.717) is 10.8 Å². The van der Waals surface area contributed by atoms with Crippen molar-refractivity contribution in [2.75, 3.05) is 0 Å². The maximum atomic E-state index is 9.86. The molecule has 0 fully saturated rings. The fourth-order valence-electron chi connectivity index (χ4n) is 3.97. The molecule has 2 N–H and O–H groups in total. The van der Waals surface area contributed by atoms with Crippen LogP contribution in [0.5, 0.6) is 5.75 Å². The fraction of sp³-hybridized carbons (Fsp3) is 0.357. The summed E-state index contributed by atoms with van der Waals surface area (Å²) in [6.07, 6.45) is 8.78. The lowest BCUT2D eigenvalue weighted by atomic mass is 9.92. The molecule has 0 aliphatic rings. The molecule has 4 heteroatoms. The Labute approximate surface area is 196 Å². The third-order valence-electron chi connectivity index (χ3n) is 5.54. The van der Waals surface area contributed by atoms with Gasteiger partial charge in [-0.15, -0.1) is 0 Å². The number of benzene rings is 3. The maximum Gasteiger partial charge on any atom is 0.318 e. The molecule has 3 aromatic rings. The summed E-state index contributed by atoms with van der Waals surface area (Å²) in [5.41, 5.74) is 4.71. The van der Waals surface area contributed by atoms with Crippen LogP contribution in [0, 0.1) is 0 Å². The van der Waals surface area contributed by atoms with E-state index in [4.69, 9.17) is 16.3 Å². The summed E-state index contributed by atoms with van der Waals surface area (Å²) in [6, 6.07) is 21.6. The zero-order chi connectivity index (χ0) is 23.0. The summed E-state index contributed by atoms with van der Waals surface area (Å²) in [7, 11) is 0.